The minimum atomic E-state index is -0.243. The molecular weight excluding hydrogens is 329 g/mol. The molecule has 0 aliphatic rings. The molecule has 0 fully saturated rings. The predicted octanol–water partition coefficient (Wildman–Crippen LogP) is 4.83. The fourth-order valence-electron chi connectivity index (χ4n) is 2.83. The highest BCUT2D eigenvalue weighted by molar-refractivity contribution is 5.70. The van der Waals surface area contributed by atoms with Gasteiger partial charge in [0.05, 0.1) is 0 Å². The number of nitrogens with zero attached hydrogens (tertiary/aromatic N) is 2. The molecule has 5 heteroatoms. The largest absolute Gasteiger partial charge is 0.489 e. The average Bonchev–Trinajstić information content (AvgIpc) is 3.12. The average molecular weight is 347 g/mol. The number of aromatic amines is 1. The van der Waals surface area contributed by atoms with Gasteiger partial charge in [0.25, 0.3) is 0 Å². The second-order valence-corrected chi connectivity index (χ2v) is 6.20. The lowest BCUT2D eigenvalue weighted by Gasteiger charge is -2.11. The lowest BCUT2D eigenvalue weighted by molar-refractivity contribution is 0.306. The van der Waals surface area contributed by atoms with E-state index in [1.54, 1.807) is 18.3 Å². The first-order valence-electron chi connectivity index (χ1n) is 8.47. The maximum absolute atomic E-state index is 12.9. The maximum Gasteiger partial charge on any atom is 0.157 e. The summed E-state index contributed by atoms with van der Waals surface area (Å²) in [5.74, 6) is 1.54. The van der Waals surface area contributed by atoms with Gasteiger partial charge in [-0.3, -0.25) is 0 Å². The van der Waals surface area contributed by atoms with Gasteiger partial charge >= 0.3 is 0 Å². The van der Waals surface area contributed by atoms with Crippen LogP contribution in [0, 0.1) is 5.82 Å². The van der Waals surface area contributed by atoms with Gasteiger partial charge in [-0.05, 0) is 47.5 Å². The van der Waals surface area contributed by atoms with Crippen molar-refractivity contribution < 1.29 is 9.13 Å². The van der Waals surface area contributed by atoms with E-state index in [9.17, 15) is 4.39 Å². The molecule has 0 saturated heterocycles. The third-order valence-corrected chi connectivity index (χ3v) is 4.38. The van der Waals surface area contributed by atoms with Crippen LogP contribution in [0.15, 0.2) is 66.9 Å². The van der Waals surface area contributed by atoms with E-state index >= 15 is 0 Å². The molecule has 4 nitrogen and oxygen atoms in total. The molecule has 130 valence electrons. The van der Waals surface area contributed by atoms with Crippen molar-refractivity contribution in [3.63, 3.8) is 0 Å². The summed E-state index contributed by atoms with van der Waals surface area (Å²) in [5.41, 5.74) is 3.74. The Morgan fingerprint density at radius 3 is 2.54 bits per heavy atom. The number of hydrogen-bond acceptors (Lipinski definition) is 3. The zero-order valence-corrected chi connectivity index (χ0v) is 14.3. The van der Waals surface area contributed by atoms with Crippen molar-refractivity contribution >= 4 is 11.2 Å². The van der Waals surface area contributed by atoms with Crippen LogP contribution < -0.4 is 4.74 Å². The van der Waals surface area contributed by atoms with Crippen LogP contribution in [0.2, 0.25) is 0 Å². The molecule has 0 aliphatic heterocycles. The molecular formula is C21H18FN3O. The first-order valence-corrected chi connectivity index (χ1v) is 8.47. The number of aromatic nitrogens is 3. The van der Waals surface area contributed by atoms with Gasteiger partial charge in [-0.2, -0.15) is 0 Å². The van der Waals surface area contributed by atoms with E-state index < -0.39 is 0 Å². The first kappa shape index (κ1) is 16.3. The molecule has 1 N–H and O–H groups in total. The molecule has 1 unspecified atom stereocenters. The molecule has 0 radical (unpaired) electrons. The number of H-pyrrole nitrogens is 1. The molecule has 0 aliphatic carbocycles. The summed E-state index contributed by atoms with van der Waals surface area (Å²) in [4.78, 5) is 12.2. The van der Waals surface area contributed by atoms with Crippen molar-refractivity contribution in [1.82, 2.24) is 15.0 Å². The van der Waals surface area contributed by atoms with E-state index in [0.717, 1.165) is 33.9 Å². The zero-order valence-electron chi connectivity index (χ0n) is 14.3. The molecule has 4 rings (SSSR count). The van der Waals surface area contributed by atoms with Crippen LogP contribution in [0.25, 0.3) is 11.2 Å². The number of halogens is 1. The number of pyridine rings is 1. The monoisotopic (exact) mass is 347 g/mol. The Labute approximate surface area is 150 Å². The van der Waals surface area contributed by atoms with E-state index in [-0.39, 0.29) is 11.7 Å². The number of rotatable bonds is 5. The van der Waals surface area contributed by atoms with E-state index in [4.69, 9.17) is 4.74 Å². The number of nitrogens with one attached hydrogen (secondary N) is 1. The van der Waals surface area contributed by atoms with Crippen molar-refractivity contribution in [3.05, 3.63) is 89.6 Å². The third-order valence-electron chi connectivity index (χ3n) is 4.38. The Balaban J connectivity index is 1.45. The van der Waals surface area contributed by atoms with Crippen LogP contribution in [-0.4, -0.2) is 15.0 Å². The molecule has 26 heavy (non-hydrogen) atoms. The summed E-state index contributed by atoms with van der Waals surface area (Å²) in [5, 5.41) is 0. The normalized spacial score (nSPS) is 12.2. The van der Waals surface area contributed by atoms with Gasteiger partial charge in [-0.15, -0.1) is 0 Å². The second kappa shape index (κ2) is 6.96. The summed E-state index contributed by atoms with van der Waals surface area (Å²) < 4.78 is 18.7. The van der Waals surface area contributed by atoms with Crippen molar-refractivity contribution in [3.8, 4) is 5.75 Å². The minimum Gasteiger partial charge on any atom is -0.489 e. The van der Waals surface area contributed by atoms with Crippen LogP contribution in [0.5, 0.6) is 5.75 Å². The van der Waals surface area contributed by atoms with Crippen molar-refractivity contribution in [2.75, 3.05) is 0 Å². The van der Waals surface area contributed by atoms with E-state index in [1.165, 1.54) is 12.1 Å². The Bertz CT molecular complexity index is 977. The number of imidazole rings is 1. The lowest BCUT2D eigenvalue weighted by atomic mass is 10.0. The highest BCUT2D eigenvalue weighted by Gasteiger charge is 2.13. The van der Waals surface area contributed by atoms with Gasteiger partial charge in [0.2, 0.25) is 0 Å². The molecule has 0 bridgehead atoms. The quantitative estimate of drug-likeness (QED) is 0.563. The van der Waals surface area contributed by atoms with Crippen LogP contribution >= 0.6 is 0 Å². The van der Waals surface area contributed by atoms with E-state index in [2.05, 4.69) is 21.9 Å². The topological polar surface area (TPSA) is 50.8 Å². The maximum atomic E-state index is 12.9. The minimum absolute atomic E-state index is 0.121. The highest BCUT2D eigenvalue weighted by Crippen LogP contribution is 2.25. The van der Waals surface area contributed by atoms with Gasteiger partial charge in [0.1, 0.15) is 29.5 Å². The van der Waals surface area contributed by atoms with Crippen LogP contribution in [0.3, 0.4) is 0 Å². The third kappa shape index (κ3) is 3.42. The molecule has 1 atom stereocenters. The number of ether oxygens (including phenoxy) is 1. The summed E-state index contributed by atoms with van der Waals surface area (Å²) in [6, 6.07) is 18.1. The van der Waals surface area contributed by atoms with Gasteiger partial charge in [0.15, 0.2) is 5.65 Å². The molecule has 0 saturated carbocycles. The number of benzene rings is 2. The summed E-state index contributed by atoms with van der Waals surface area (Å²) in [7, 11) is 0. The second-order valence-electron chi connectivity index (χ2n) is 6.20. The highest BCUT2D eigenvalue weighted by atomic mass is 19.1. The fourth-order valence-corrected chi connectivity index (χ4v) is 2.83. The Hall–Kier alpha value is -3.21. The van der Waals surface area contributed by atoms with Crippen LogP contribution in [0.4, 0.5) is 4.39 Å². The van der Waals surface area contributed by atoms with Crippen molar-refractivity contribution in [2.24, 2.45) is 0 Å². The summed E-state index contributed by atoms with van der Waals surface area (Å²) in [6.07, 6.45) is 1.75. The number of hydrogen-bond donors (Lipinski definition) is 1. The Morgan fingerprint density at radius 2 is 1.81 bits per heavy atom. The Morgan fingerprint density at radius 1 is 1.04 bits per heavy atom. The first-order chi connectivity index (χ1) is 12.7. The van der Waals surface area contributed by atoms with E-state index in [1.807, 2.05) is 36.4 Å². The van der Waals surface area contributed by atoms with Gasteiger partial charge in [-0.1, -0.05) is 31.2 Å². The van der Waals surface area contributed by atoms with Crippen LogP contribution in [0.1, 0.15) is 29.8 Å². The number of fused-ring (bicyclic) bond motifs is 1. The standard InChI is InChI=1S/C21H18FN3O/c1-14(20-24-19-3-2-12-23-21(19)25-20)16-6-10-18(11-7-16)26-13-15-4-8-17(22)9-5-15/h2-12,14H,13H2,1H3,(H,23,24,25). The Kier molecular flexibility index (Phi) is 4.35. The SMILES string of the molecule is CC(c1ccc(OCc2ccc(F)cc2)cc1)c1nc2cccnc2[nH]1. The van der Waals surface area contributed by atoms with Crippen LogP contribution in [-0.2, 0) is 6.61 Å². The molecule has 0 amide bonds. The van der Waals surface area contributed by atoms with Crippen molar-refractivity contribution in [2.45, 2.75) is 19.4 Å². The summed E-state index contributed by atoms with van der Waals surface area (Å²) in [6.45, 7) is 2.51. The summed E-state index contributed by atoms with van der Waals surface area (Å²) >= 11 is 0. The molecule has 2 aromatic carbocycles. The molecule has 2 heterocycles. The zero-order chi connectivity index (χ0) is 17.9. The van der Waals surface area contributed by atoms with Crippen molar-refractivity contribution in [1.29, 1.82) is 0 Å². The fraction of sp³-hybridized carbons (Fsp3) is 0.143. The molecule has 2 aromatic heterocycles. The lowest BCUT2D eigenvalue weighted by Crippen LogP contribution is -1.99. The van der Waals surface area contributed by atoms with Gasteiger partial charge in [-0.25, -0.2) is 14.4 Å². The van der Waals surface area contributed by atoms with Gasteiger partial charge < -0.3 is 9.72 Å². The van der Waals surface area contributed by atoms with Gasteiger partial charge in [0, 0.05) is 12.1 Å². The predicted molar refractivity (Wildman–Crippen MR) is 98.6 cm³/mol. The van der Waals surface area contributed by atoms with E-state index in [0.29, 0.717) is 6.61 Å². The molecule has 0 spiro atoms. The smallest absolute Gasteiger partial charge is 0.157 e. The molecule has 4 aromatic rings.